The van der Waals surface area contributed by atoms with E-state index >= 15 is 0 Å². The van der Waals surface area contributed by atoms with Crippen molar-refractivity contribution in [3.63, 3.8) is 0 Å². The summed E-state index contributed by atoms with van der Waals surface area (Å²) in [5.41, 5.74) is 0.685. The molecule has 0 bridgehead atoms. The summed E-state index contributed by atoms with van der Waals surface area (Å²) in [5.74, 6) is 0. The van der Waals surface area contributed by atoms with Crippen LogP contribution in [0.25, 0.3) is 0 Å². The van der Waals surface area contributed by atoms with Crippen LogP contribution < -0.4 is 5.32 Å². The Morgan fingerprint density at radius 2 is 2.12 bits per heavy atom. The molecule has 3 nitrogen and oxygen atoms in total. The van der Waals surface area contributed by atoms with Crippen molar-refractivity contribution in [2.45, 2.75) is 6.10 Å². The number of halogens is 3. The van der Waals surface area contributed by atoms with Crippen molar-refractivity contribution in [2.75, 3.05) is 25.6 Å². The minimum Gasteiger partial charge on any atom is -0.389 e. The highest BCUT2D eigenvalue weighted by atomic mass is 79.9. The molecule has 0 amide bonds. The van der Waals surface area contributed by atoms with Crippen LogP contribution in [0.4, 0.5) is 5.69 Å². The third-order valence-corrected chi connectivity index (χ3v) is 3.69. The number of anilines is 1. The summed E-state index contributed by atoms with van der Waals surface area (Å²) in [6.07, 6.45) is -0.580. The van der Waals surface area contributed by atoms with Crippen LogP contribution in [-0.4, -0.2) is 31.5 Å². The number of rotatable bonds is 5. The van der Waals surface area contributed by atoms with Gasteiger partial charge in [-0.1, -0.05) is 23.2 Å². The highest BCUT2D eigenvalue weighted by Crippen LogP contribution is 2.35. The van der Waals surface area contributed by atoms with E-state index < -0.39 is 6.10 Å². The fourth-order valence-corrected chi connectivity index (χ4v) is 1.98. The minimum absolute atomic E-state index is 0.273. The van der Waals surface area contributed by atoms with Gasteiger partial charge in [0.15, 0.2) is 0 Å². The molecule has 1 aromatic carbocycles. The monoisotopic (exact) mass is 327 g/mol. The van der Waals surface area contributed by atoms with Crippen LogP contribution in [0, 0.1) is 0 Å². The lowest BCUT2D eigenvalue weighted by Crippen LogP contribution is -2.24. The number of ether oxygens (including phenoxy) is 1. The number of methoxy groups -OCH3 is 1. The lowest BCUT2D eigenvalue weighted by atomic mass is 10.3. The Morgan fingerprint density at radius 3 is 2.75 bits per heavy atom. The average molecular weight is 329 g/mol. The topological polar surface area (TPSA) is 41.5 Å². The minimum atomic E-state index is -0.580. The number of hydrogen-bond acceptors (Lipinski definition) is 3. The van der Waals surface area contributed by atoms with E-state index in [4.69, 9.17) is 27.9 Å². The second-order valence-electron chi connectivity index (χ2n) is 3.21. The molecule has 0 aliphatic rings. The second-order valence-corrected chi connectivity index (χ2v) is 4.82. The lowest BCUT2D eigenvalue weighted by molar-refractivity contribution is 0.0727. The normalized spacial score (nSPS) is 12.6. The van der Waals surface area contributed by atoms with Crippen LogP contribution >= 0.6 is 39.1 Å². The van der Waals surface area contributed by atoms with E-state index in [1.165, 1.54) is 7.11 Å². The molecule has 1 atom stereocenters. The summed E-state index contributed by atoms with van der Waals surface area (Å²) in [5, 5.41) is 13.3. The quantitative estimate of drug-likeness (QED) is 0.816. The third-order valence-electron chi connectivity index (χ3n) is 1.92. The van der Waals surface area contributed by atoms with E-state index in [1.807, 2.05) is 0 Å². The molecule has 0 fully saturated rings. The molecule has 0 aromatic heterocycles. The molecule has 2 N–H and O–H groups in total. The maximum Gasteiger partial charge on any atom is 0.0945 e. The molecular formula is C10H12BrCl2NO2. The van der Waals surface area contributed by atoms with Crippen LogP contribution in [0.3, 0.4) is 0 Å². The molecule has 0 saturated heterocycles. The van der Waals surface area contributed by atoms with Crippen molar-refractivity contribution in [1.82, 2.24) is 0 Å². The standard InChI is InChI=1S/C10H12BrCl2NO2/c1-16-5-6(15)4-14-8-3-2-7(11)9(12)10(8)13/h2-3,6,14-15H,4-5H2,1H3. The fraction of sp³-hybridized carbons (Fsp3) is 0.400. The van der Waals surface area contributed by atoms with E-state index in [9.17, 15) is 5.11 Å². The van der Waals surface area contributed by atoms with Crippen LogP contribution in [0.1, 0.15) is 0 Å². The maximum absolute atomic E-state index is 9.45. The molecule has 1 rings (SSSR count). The molecule has 6 heteroatoms. The van der Waals surface area contributed by atoms with E-state index in [2.05, 4.69) is 21.2 Å². The van der Waals surface area contributed by atoms with Gasteiger partial charge in [0, 0.05) is 18.1 Å². The molecule has 1 aromatic rings. The summed E-state index contributed by atoms with van der Waals surface area (Å²) in [7, 11) is 1.53. The van der Waals surface area contributed by atoms with Gasteiger partial charge in [-0.05, 0) is 28.1 Å². The highest BCUT2D eigenvalue weighted by Gasteiger charge is 2.09. The van der Waals surface area contributed by atoms with Gasteiger partial charge in [-0.2, -0.15) is 0 Å². The first-order chi connectivity index (χ1) is 7.56. The number of aliphatic hydroxyl groups is 1. The summed E-state index contributed by atoms with van der Waals surface area (Å²) < 4.78 is 5.55. The largest absolute Gasteiger partial charge is 0.389 e. The molecule has 0 aliphatic heterocycles. The van der Waals surface area contributed by atoms with Crippen molar-refractivity contribution in [1.29, 1.82) is 0 Å². The van der Waals surface area contributed by atoms with Crippen molar-refractivity contribution in [2.24, 2.45) is 0 Å². The first-order valence-electron chi connectivity index (χ1n) is 4.60. The van der Waals surface area contributed by atoms with Gasteiger partial charge in [-0.3, -0.25) is 0 Å². The van der Waals surface area contributed by atoms with Gasteiger partial charge in [0.05, 0.1) is 28.4 Å². The van der Waals surface area contributed by atoms with E-state index in [0.717, 1.165) is 4.47 Å². The Morgan fingerprint density at radius 1 is 1.44 bits per heavy atom. The van der Waals surface area contributed by atoms with Crippen molar-refractivity contribution >= 4 is 44.8 Å². The van der Waals surface area contributed by atoms with Crippen LogP contribution in [0.15, 0.2) is 16.6 Å². The van der Waals surface area contributed by atoms with Crippen molar-refractivity contribution in [3.05, 3.63) is 26.7 Å². The Kier molecular flexibility index (Phi) is 5.86. The van der Waals surface area contributed by atoms with Gasteiger partial charge in [0.2, 0.25) is 0 Å². The zero-order chi connectivity index (χ0) is 12.1. The van der Waals surface area contributed by atoms with Crippen molar-refractivity contribution in [3.8, 4) is 0 Å². The Hall–Kier alpha value is -0.000000000000000111. The van der Waals surface area contributed by atoms with Crippen LogP contribution in [0.5, 0.6) is 0 Å². The molecular weight excluding hydrogens is 317 g/mol. The first kappa shape index (κ1) is 14.1. The van der Waals surface area contributed by atoms with Gasteiger partial charge in [0.1, 0.15) is 0 Å². The highest BCUT2D eigenvalue weighted by molar-refractivity contribution is 9.10. The first-order valence-corrected chi connectivity index (χ1v) is 6.15. The lowest BCUT2D eigenvalue weighted by Gasteiger charge is -2.13. The fourth-order valence-electron chi connectivity index (χ4n) is 1.14. The zero-order valence-corrected chi connectivity index (χ0v) is 11.7. The third kappa shape index (κ3) is 3.79. The van der Waals surface area contributed by atoms with Gasteiger partial charge in [-0.25, -0.2) is 0 Å². The second kappa shape index (κ2) is 6.67. The maximum atomic E-state index is 9.45. The Bertz CT molecular complexity index is 363. The Labute approximate surface area is 113 Å². The van der Waals surface area contributed by atoms with Gasteiger partial charge >= 0.3 is 0 Å². The van der Waals surface area contributed by atoms with E-state index in [1.54, 1.807) is 12.1 Å². The predicted octanol–water partition coefficient (Wildman–Crippen LogP) is 3.18. The summed E-state index contributed by atoms with van der Waals surface area (Å²) >= 11 is 15.2. The SMILES string of the molecule is COCC(O)CNc1ccc(Br)c(Cl)c1Cl. The molecule has 0 saturated carbocycles. The number of nitrogens with one attached hydrogen (secondary N) is 1. The smallest absolute Gasteiger partial charge is 0.0945 e. The van der Waals surface area contributed by atoms with E-state index in [-0.39, 0.29) is 6.61 Å². The van der Waals surface area contributed by atoms with E-state index in [0.29, 0.717) is 22.3 Å². The molecule has 16 heavy (non-hydrogen) atoms. The summed E-state index contributed by atoms with van der Waals surface area (Å²) in [6.45, 7) is 0.625. The average Bonchev–Trinajstić information content (AvgIpc) is 2.25. The van der Waals surface area contributed by atoms with Gasteiger partial charge in [0.25, 0.3) is 0 Å². The Balaban J connectivity index is 2.64. The number of aliphatic hydroxyl groups excluding tert-OH is 1. The summed E-state index contributed by atoms with van der Waals surface area (Å²) in [4.78, 5) is 0. The van der Waals surface area contributed by atoms with Crippen molar-refractivity contribution < 1.29 is 9.84 Å². The van der Waals surface area contributed by atoms with Gasteiger partial charge in [-0.15, -0.1) is 0 Å². The van der Waals surface area contributed by atoms with Crippen LogP contribution in [0.2, 0.25) is 10.0 Å². The number of benzene rings is 1. The van der Waals surface area contributed by atoms with Crippen LogP contribution in [-0.2, 0) is 4.74 Å². The molecule has 0 aliphatic carbocycles. The molecule has 0 radical (unpaired) electrons. The molecule has 1 unspecified atom stereocenters. The molecule has 90 valence electrons. The molecule has 0 heterocycles. The molecule has 0 spiro atoms. The van der Waals surface area contributed by atoms with Gasteiger partial charge < -0.3 is 15.2 Å². The summed E-state index contributed by atoms with van der Waals surface area (Å²) in [6, 6.07) is 3.58. The zero-order valence-electron chi connectivity index (χ0n) is 8.64. The number of hydrogen-bond donors (Lipinski definition) is 2. The predicted molar refractivity (Wildman–Crippen MR) is 70.5 cm³/mol.